The molecule has 6 nitrogen and oxygen atoms in total. The van der Waals surface area contributed by atoms with Crippen LogP contribution in [0.3, 0.4) is 0 Å². The van der Waals surface area contributed by atoms with E-state index in [1.54, 1.807) is 54.6 Å². The average molecular weight is 478 g/mol. The molecule has 1 amide bonds. The van der Waals surface area contributed by atoms with Crippen LogP contribution in [0, 0.1) is 0 Å². The molecule has 1 aliphatic rings. The van der Waals surface area contributed by atoms with Gasteiger partial charge in [0.05, 0.1) is 10.6 Å². The highest BCUT2D eigenvalue weighted by atomic mass is 32.2. The van der Waals surface area contributed by atoms with Crippen LogP contribution in [0.4, 0.5) is 5.69 Å². The van der Waals surface area contributed by atoms with Gasteiger partial charge in [0.2, 0.25) is 0 Å². The van der Waals surface area contributed by atoms with E-state index in [1.165, 1.54) is 36.2 Å². The van der Waals surface area contributed by atoms with Gasteiger partial charge in [0, 0.05) is 25.7 Å². The lowest BCUT2D eigenvalue weighted by Crippen LogP contribution is -2.30. The minimum absolute atomic E-state index is 0.187. The molecule has 34 heavy (non-hydrogen) atoms. The van der Waals surface area contributed by atoms with E-state index >= 15 is 0 Å². The molecule has 4 rings (SSSR count). The Morgan fingerprint density at radius 1 is 0.853 bits per heavy atom. The standard InChI is InChI=1S/C27H31N3O3S/c1-29(34(32,33)26-12-4-2-5-13-26)25-16-14-22(15-17-25)27(31)28-20-23-10-6-7-11-24(23)21-30-18-8-3-9-19-30/h2,4-7,10-17H,3,8-9,18-21H2,1H3,(H,28,31). The van der Waals surface area contributed by atoms with E-state index in [0.717, 1.165) is 25.2 Å². The van der Waals surface area contributed by atoms with Crippen LogP contribution < -0.4 is 9.62 Å². The molecule has 1 N–H and O–H groups in total. The fraction of sp³-hybridized carbons (Fsp3) is 0.296. The van der Waals surface area contributed by atoms with E-state index in [2.05, 4.69) is 22.3 Å². The third kappa shape index (κ3) is 5.66. The number of anilines is 1. The Hall–Kier alpha value is -3.16. The van der Waals surface area contributed by atoms with Crippen LogP contribution in [0.2, 0.25) is 0 Å². The summed E-state index contributed by atoms with van der Waals surface area (Å²) in [7, 11) is -2.15. The number of hydrogen-bond acceptors (Lipinski definition) is 4. The Morgan fingerprint density at radius 2 is 1.47 bits per heavy atom. The Kier molecular flexibility index (Phi) is 7.65. The molecule has 0 saturated carbocycles. The number of nitrogens with zero attached hydrogens (tertiary/aromatic N) is 2. The van der Waals surface area contributed by atoms with Crippen LogP contribution >= 0.6 is 0 Å². The summed E-state index contributed by atoms with van der Waals surface area (Å²) in [5.41, 5.74) is 3.34. The molecule has 1 saturated heterocycles. The summed E-state index contributed by atoms with van der Waals surface area (Å²) < 4.78 is 26.9. The topological polar surface area (TPSA) is 69.7 Å². The third-order valence-corrected chi connectivity index (χ3v) is 8.09. The predicted molar refractivity (Wildman–Crippen MR) is 135 cm³/mol. The molecular formula is C27H31N3O3S. The summed E-state index contributed by atoms with van der Waals surface area (Å²) in [5.74, 6) is -0.187. The molecule has 0 unspecified atom stereocenters. The minimum atomic E-state index is -3.66. The van der Waals surface area contributed by atoms with E-state index in [-0.39, 0.29) is 10.8 Å². The fourth-order valence-corrected chi connectivity index (χ4v) is 5.45. The summed E-state index contributed by atoms with van der Waals surface area (Å²) in [4.78, 5) is 15.5. The minimum Gasteiger partial charge on any atom is -0.348 e. The Balaban J connectivity index is 1.39. The first-order valence-corrected chi connectivity index (χ1v) is 13.1. The molecule has 0 bridgehead atoms. The van der Waals surface area contributed by atoms with Crippen LogP contribution in [-0.4, -0.2) is 39.4 Å². The monoisotopic (exact) mass is 477 g/mol. The maximum atomic E-state index is 12.8. The van der Waals surface area contributed by atoms with E-state index in [9.17, 15) is 13.2 Å². The summed E-state index contributed by atoms with van der Waals surface area (Å²) in [6.45, 7) is 3.61. The van der Waals surface area contributed by atoms with E-state index in [4.69, 9.17) is 0 Å². The lowest BCUT2D eigenvalue weighted by molar-refractivity contribution is 0.0950. The second-order valence-corrected chi connectivity index (χ2v) is 10.6. The average Bonchev–Trinajstić information content (AvgIpc) is 2.89. The van der Waals surface area contributed by atoms with Gasteiger partial charge in [0.25, 0.3) is 15.9 Å². The van der Waals surface area contributed by atoms with Crippen molar-refractivity contribution in [1.29, 1.82) is 0 Å². The number of benzene rings is 3. The van der Waals surface area contributed by atoms with Crippen molar-refractivity contribution in [2.24, 2.45) is 0 Å². The smallest absolute Gasteiger partial charge is 0.264 e. The van der Waals surface area contributed by atoms with Gasteiger partial charge >= 0.3 is 0 Å². The number of amides is 1. The highest BCUT2D eigenvalue weighted by molar-refractivity contribution is 7.92. The first-order valence-electron chi connectivity index (χ1n) is 11.7. The number of carbonyl (C=O) groups excluding carboxylic acids is 1. The SMILES string of the molecule is CN(c1ccc(C(=O)NCc2ccccc2CN2CCCCC2)cc1)S(=O)(=O)c1ccccc1. The van der Waals surface area contributed by atoms with Gasteiger partial charge in [0.15, 0.2) is 0 Å². The molecule has 1 aliphatic heterocycles. The Morgan fingerprint density at radius 3 is 2.15 bits per heavy atom. The molecule has 0 spiro atoms. The van der Waals surface area contributed by atoms with Crippen LogP contribution in [0.25, 0.3) is 0 Å². The zero-order valence-electron chi connectivity index (χ0n) is 19.5. The van der Waals surface area contributed by atoms with Gasteiger partial charge in [-0.3, -0.25) is 14.0 Å². The number of nitrogens with one attached hydrogen (secondary N) is 1. The van der Waals surface area contributed by atoms with Gasteiger partial charge in [0.1, 0.15) is 0 Å². The number of hydrogen-bond donors (Lipinski definition) is 1. The summed E-state index contributed by atoms with van der Waals surface area (Å²) >= 11 is 0. The van der Waals surface area contributed by atoms with Gasteiger partial charge in [-0.2, -0.15) is 0 Å². The molecule has 1 heterocycles. The number of sulfonamides is 1. The number of likely N-dealkylation sites (tertiary alicyclic amines) is 1. The first-order chi connectivity index (χ1) is 16.4. The van der Waals surface area contributed by atoms with Crippen molar-refractivity contribution < 1.29 is 13.2 Å². The summed E-state index contributed by atoms with van der Waals surface area (Å²) in [6.07, 6.45) is 3.80. The Labute approximate surface area is 202 Å². The van der Waals surface area contributed by atoms with Gasteiger partial charge in [-0.1, -0.05) is 48.9 Å². The number of rotatable bonds is 8. The van der Waals surface area contributed by atoms with Crippen LogP contribution in [0.1, 0.15) is 40.7 Å². The lowest BCUT2D eigenvalue weighted by Gasteiger charge is -2.27. The first kappa shape index (κ1) is 24.0. The maximum absolute atomic E-state index is 12.8. The largest absolute Gasteiger partial charge is 0.348 e. The normalized spacial score (nSPS) is 14.5. The molecule has 0 radical (unpaired) electrons. The molecule has 3 aromatic carbocycles. The highest BCUT2D eigenvalue weighted by Gasteiger charge is 2.21. The van der Waals surface area contributed by atoms with Crippen molar-refractivity contribution in [3.8, 4) is 0 Å². The van der Waals surface area contributed by atoms with Gasteiger partial charge in [-0.15, -0.1) is 0 Å². The molecule has 7 heteroatoms. The van der Waals surface area contributed by atoms with Crippen LogP contribution in [-0.2, 0) is 23.1 Å². The third-order valence-electron chi connectivity index (χ3n) is 6.30. The molecule has 0 aliphatic carbocycles. The van der Waals surface area contributed by atoms with Crippen molar-refractivity contribution >= 4 is 21.6 Å². The van der Waals surface area contributed by atoms with Crippen molar-refractivity contribution in [2.75, 3.05) is 24.4 Å². The predicted octanol–water partition coefficient (Wildman–Crippen LogP) is 4.43. The van der Waals surface area contributed by atoms with E-state index in [0.29, 0.717) is 17.8 Å². The zero-order valence-corrected chi connectivity index (χ0v) is 20.3. The molecule has 178 valence electrons. The summed E-state index contributed by atoms with van der Waals surface area (Å²) in [6, 6.07) is 23.1. The molecule has 3 aromatic rings. The van der Waals surface area contributed by atoms with Crippen LogP contribution in [0.15, 0.2) is 83.8 Å². The maximum Gasteiger partial charge on any atom is 0.264 e. The fourth-order valence-electron chi connectivity index (χ4n) is 4.23. The van der Waals surface area contributed by atoms with E-state index < -0.39 is 10.0 Å². The molecule has 1 fully saturated rings. The second-order valence-electron chi connectivity index (χ2n) is 8.62. The van der Waals surface area contributed by atoms with Gasteiger partial charge in [-0.05, 0) is 73.5 Å². The second kappa shape index (κ2) is 10.8. The van der Waals surface area contributed by atoms with Crippen molar-refractivity contribution in [2.45, 2.75) is 37.2 Å². The van der Waals surface area contributed by atoms with Crippen LogP contribution in [0.5, 0.6) is 0 Å². The zero-order chi connectivity index (χ0) is 24.0. The highest BCUT2D eigenvalue weighted by Crippen LogP contribution is 2.22. The number of piperidine rings is 1. The molecule has 0 aromatic heterocycles. The quantitative estimate of drug-likeness (QED) is 0.521. The van der Waals surface area contributed by atoms with Crippen molar-refractivity contribution in [3.05, 3.63) is 95.6 Å². The molecular weight excluding hydrogens is 446 g/mol. The van der Waals surface area contributed by atoms with Crippen molar-refractivity contribution in [3.63, 3.8) is 0 Å². The number of carbonyl (C=O) groups is 1. The summed E-state index contributed by atoms with van der Waals surface area (Å²) in [5, 5.41) is 3.01. The Bertz CT molecular complexity index is 1210. The molecule has 0 atom stereocenters. The van der Waals surface area contributed by atoms with Gasteiger partial charge in [-0.25, -0.2) is 8.42 Å². The van der Waals surface area contributed by atoms with Crippen molar-refractivity contribution in [1.82, 2.24) is 10.2 Å². The van der Waals surface area contributed by atoms with Gasteiger partial charge < -0.3 is 5.32 Å². The lowest BCUT2D eigenvalue weighted by atomic mass is 10.0. The van der Waals surface area contributed by atoms with E-state index in [1.807, 2.05) is 12.1 Å².